The fraction of sp³-hybridized carbons (Fsp3) is 0.316. The van der Waals surface area contributed by atoms with Crippen molar-refractivity contribution in [1.82, 2.24) is 10.2 Å². The quantitative estimate of drug-likeness (QED) is 0.944. The molecule has 1 amide bonds. The summed E-state index contributed by atoms with van der Waals surface area (Å²) in [7, 11) is 0. The van der Waals surface area contributed by atoms with Crippen molar-refractivity contribution < 1.29 is 9.53 Å². The van der Waals surface area contributed by atoms with Gasteiger partial charge in [-0.1, -0.05) is 30.3 Å². The summed E-state index contributed by atoms with van der Waals surface area (Å²) in [5, 5.41) is 3.30. The molecule has 1 saturated heterocycles. The Morgan fingerprint density at radius 3 is 2.61 bits per heavy atom. The molecule has 0 spiro atoms. The maximum Gasteiger partial charge on any atom is 0.254 e. The van der Waals surface area contributed by atoms with Gasteiger partial charge >= 0.3 is 0 Å². The Morgan fingerprint density at radius 2 is 1.91 bits per heavy atom. The zero-order valence-electron chi connectivity index (χ0n) is 13.4. The van der Waals surface area contributed by atoms with Gasteiger partial charge < -0.3 is 15.0 Å². The molecule has 3 rings (SSSR count). The number of ether oxygens (including phenoxy) is 1. The zero-order chi connectivity index (χ0) is 16.1. The van der Waals surface area contributed by atoms with Crippen molar-refractivity contribution in [3.05, 3.63) is 65.7 Å². The summed E-state index contributed by atoms with van der Waals surface area (Å²) in [6, 6.07) is 17.7. The summed E-state index contributed by atoms with van der Waals surface area (Å²) in [4.78, 5) is 14.5. The summed E-state index contributed by atoms with van der Waals surface area (Å²) in [6.45, 7) is 5.06. The summed E-state index contributed by atoms with van der Waals surface area (Å²) >= 11 is 0. The van der Waals surface area contributed by atoms with E-state index in [2.05, 4.69) is 12.2 Å². The first-order valence-electron chi connectivity index (χ1n) is 8.02. The van der Waals surface area contributed by atoms with Crippen LogP contribution < -0.4 is 10.1 Å². The normalized spacial score (nSPS) is 17.8. The molecular formula is C19H22N2O2. The van der Waals surface area contributed by atoms with Crippen LogP contribution in [0.15, 0.2) is 54.6 Å². The molecule has 0 radical (unpaired) electrons. The molecule has 1 atom stereocenters. The summed E-state index contributed by atoms with van der Waals surface area (Å²) < 4.78 is 5.76. The molecule has 1 fully saturated rings. The highest BCUT2D eigenvalue weighted by atomic mass is 16.5. The van der Waals surface area contributed by atoms with Crippen LogP contribution in [0.1, 0.15) is 22.8 Å². The van der Waals surface area contributed by atoms with Crippen LogP contribution in [0, 0.1) is 0 Å². The molecule has 1 aliphatic rings. The lowest BCUT2D eigenvalue weighted by Crippen LogP contribution is -2.52. The van der Waals surface area contributed by atoms with Gasteiger partial charge in [0.25, 0.3) is 5.91 Å². The monoisotopic (exact) mass is 310 g/mol. The molecule has 4 nitrogen and oxygen atoms in total. The molecule has 1 unspecified atom stereocenters. The van der Waals surface area contributed by atoms with E-state index in [0.717, 1.165) is 30.9 Å². The van der Waals surface area contributed by atoms with Gasteiger partial charge in [-0.2, -0.15) is 0 Å². The molecule has 2 aromatic rings. The van der Waals surface area contributed by atoms with Crippen LogP contribution in [-0.2, 0) is 6.61 Å². The molecule has 1 heterocycles. The summed E-state index contributed by atoms with van der Waals surface area (Å²) in [5.41, 5.74) is 1.84. The third-order valence-corrected chi connectivity index (χ3v) is 4.11. The van der Waals surface area contributed by atoms with E-state index in [1.54, 1.807) is 0 Å². The molecule has 0 bridgehead atoms. The third-order valence-electron chi connectivity index (χ3n) is 4.11. The van der Waals surface area contributed by atoms with Crippen molar-refractivity contribution in [3.63, 3.8) is 0 Å². The predicted molar refractivity (Wildman–Crippen MR) is 90.6 cm³/mol. The summed E-state index contributed by atoms with van der Waals surface area (Å²) in [6.07, 6.45) is 0. The van der Waals surface area contributed by atoms with Crippen LogP contribution >= 0.6 is 0 Å². The Hall–Kier alpha value is -2.33. The van der Waals surface area contributed by atoms with E-state index in [9.17, 15) is 4.79 Å². The minimum Gasteiger partial charge on any atom is -0.489 e. The van der Waals surface area contributed by atoms with Crippen molar-refractivity contribution in [2.24, 2.45) is 0 Å². The summed E-state index contributed by atoms with van der Waals surface area (Å²) in [5.74, 6) is 0.868. The second-order valence-electron chi connectivity index (χ2n) is 5.85. The van der Waals surface area contributed by atoms with Crippen LogP contribution in [-0.4, -0.2) is 36.5 Å². The lowest BCUT2D eigenvalue weighted by Gasteiger charge is -2.34. The average Bonchev–Trinajstić information content (AvgIpc) is 2.61. The number of rotatable bonds is 4. The second kappa shape index (κ2) is 7.29. The van der Waals surface area contributed by atoms with Crippen LogP contribution in [0.5, 0.6) is 5.75 Å². The van der Waals surface area contributed by atoms with Gasteiger partial charge in [-0.15, -0.1) is 0 Å². The molecular weight excluding hydrogens is 288 g/mol. The van der Waals surface area contributed by atoms with E-state index in [0.29, 0.717) is 12.2 Å². The smallest absolute Gasteiger partial charge is 0.254 e. The number of nitrogens with one attached hydrogen (secondary N) is 1. The Bertz CT molecular complexity index is 640. The SMILES string of the molecule is CC1CNCCN1C(=O)c1ccc(OCc2ccccc2)cc1. The number of benzene rings is 2. The first-order valence-corrected chi connectivity index (χ1v) is 8.02. The Labute approximate surface area is 137 Å². The maximum absolute atomic E-state index is 12.6. The third kappa shape index (κ3) is 3.90. The van der Waals surface area contributed by atoms with E-state index in [1.807, 2.05) is 59.5 Å². The highest BCUT2D eigenvalue weighted by Gasteiger charge is 2.23. The van der Waals surface area contributed by atoms with Crippen LogP contribution in [0.3, 0.4) is 0 Å². The van der Waals surface area contributed by atoms with E-state index >= 15 is 0 Å². The van der Waals surface area contributed by atoms with Gasteiger partial charge in [0.15, 0.2) is 0 Å². The molecule has 2 aromatic carbocycles. The predicted octanol–water partition coefficient (Wildman–Crippen LogP) is 2.70. The molecule has 4 heteroatoms. The van der Waals surface area contributed by atoms with Gasteiger partial charge in [0.2, 0.25) is 0 Å². The number of nitrogens with zero attached hydrogens (tertiary/aromatic N) is 1. The topological polar surface area (TPSA) is 41.6 Å². The standard InChI is InChI=1S/C19H22N2O2/c1-15-13-20-11-12-21(15)19(22)17-7-9-18(10-8-17)23-14-16-5-3-2-4-6-16/h2-10,15,20H,11-14H2,1H3. The van der Waals surface area contributed by atoms with E-state index < -0.39 is 0 Å². The number of carbonyl (C=O) groups excluding carboxylic acids is 1. The van der Waals surface area contributed by atoms with E-state index in [-0.39, 0.29) is 11.9 Å². The van der Waals surface area contributed by atoms with Crippen molar-refractivity contribution in [1.29, 1.82) is 0 Å². The minimum absolute atomic E-state index is 0.0913. The molecule has 0 aliphatic carbocycles. The highest BCUT2D eigenvalue weighted by Crippen LogP contribution is 2.17. The first kappa shape index (κ1) is 15.6. The highest BCUT2D eigenvalue weighted by molar-refractivity contribution is 5.94. The maximum atomic E-state index is 12.6. The lowest BCUT2D eigenvalue weighted by atomic mass is 10.1. The number of hydrogen-bond donors (Lipinski definition) is 1. The first-order chi connectivity index (χ1) is 11.2. The number of amides is 1. The second-order valence-corrected chi connectivity index (χ2v) is 5.85. The largest absolute Gasteiger partial charge is 0.489 e. The van der Waals surface area contributed by atoms with Crippen molar-refractivity contribution in [2.75, 3.05) is 19.6 Å². The molecule has 0 saturated carbocycles. The van der Waals surface area contributed by atoms with Gasteiger partial charge in [-0.3, -0.25) is 4.79 Å². The number of piperazine rings is 1. The van der Waals surface area contributed by atoms with E-state index in [1.165, 1.54) is 0 Å². The van der Waals surface area contributed by atoms with Gasteiger partial charge in [-0.25, -0.2) is 0 Å². The average molecular weight is 310 g/mol. The van der Waals surface area contributed by atoms with Crippen molar-refractivity contribution in [3.8, 4) is 5.75 Å². The fourth-order valence-electron chi connectivity index (χ4n) is 2.74. The van der Waals surface area contributed by atoms with Crippen molar-refractivity contribution >= 4 is 5.91 Å². The Balaban J connectivity index is 1.61. The zero-order valence-corrected chi connectivity index (χ0v) is 13.4. The van der Waals surface area contributed by atoms with Crippen LogP contribution in [0.25, 0.3) is 0 Å². The Morgan fingerprint density at radius 1 is 1.17 bits per heavy atom. The van der Waals surface area contributed by atoms with Crippen LogP contribution in [0.4, 0.5) is 0 Å². The fourth-order valence-corrected chi connectivity index (χ4v) is 2.74. The van der Waals surface area contributed by atoms with Gasteiger partial charge in [0, 0.05) is 31.2 Å². The van der Waals surface area contributed by atoms with Crippen LogP contribution in [0.2, 0.25) is 0 Å². The van der Waals surface area contributed by atoms with E-state index in [4.69, 9.17) is 4.74 Å². The van der Waals surface area contributed by atoms with Crippen molar-refractivity contribution in [2.45, 2.75) is 19.6 Å². The Kier molecular flexibility index (Phi) is 4.93. The molecule has 0 aromatic heterocycles. The van der Waals surface area contributed by atoms with Gasteiger partial charge in [0.05, 0.1) is 0 Å². The number of hydrogen-bond acceptors (Lipinski definition) is 3. The lowest BCUT2D eigenvalue weighted by molar-refractivity contribution is 0.0655. The molecule has 1 N–H and O–H groups in total. The molecule has 23 heavy (non-hydrogen) atoms. The minimum atomic E-state index is 0.0913. The molecule has 1 aliphatic heterocycles. The van der Waals surface area contributed by atoms with Gasteiger partial charge in [-0.05, 0) is 36.8 Å². The number of carbonyl (C=O) groups is 1. The molecule has 120 valence electrons. The van der Waals surface area contributed by atoms with Gasteiger partial charge in [0.1, 0.15) is 12.4 Å².